The second-order valence-corrected chi connectivity index (χ2v) is 6.51. The molecule has 2 heterocycles. The molecule has 2 aromatic carbocycles. The first-order chi connectivity index (χ1) is 12.2. The molecule has 0 aliphatic carbocycles. The van der Waals surface area contributed by atoms with Gasteiger partial charge in [0, 0.05) is 11.3 Å². The number of hydrogen-bond donors (Lipinski definition) is 1. The van der Waals surface area contributed by atoms with Crippen LogP contribution in [0.4, 0.5) is 0 Å². The minimum Gasteiger partial charge on any atom is -0.353 e. The molecule has 3 heteroatoms. The number of aromatic amines is 1. The van der Waals surface area contributed by atoms with E-state index < -0.39 is 5.66 Å². The molecule has 0 spiro atoms. The SMILES string of the molecule is CCC1(C)N=C(c2ccccc2)C(c2ccc(-c3ccccc3)[nH]2)=N1. The van der Waals surface area contributed by atoms with Crippen LogP contribution in [0.15, 0.2) is 82.8 Å². The third-order valence-corrected chi connectivity index (χ3v) is 4.67. The van der Waals surface area contributed by atoms with Crippen LogP contribution in [0.3, 0.4) is 0 Å². The van der Waals surface area contributed by atoms with E-state index in [2.05, 4.69) is 55.2 Å². The van der Waals surface area contributed by atoms with Crippen LogP contribution < -0.4 is 0 Å². The number of benzene rings is 2. The highest BCUT2D eigenvalue weighted by atomic mass is 15.1. The van der Waals surface area contributed by atoms with E-state index in [0.29, 0.717) is 0 Å². The maximum atomic E-state index is 4.96. The summed E-state index contributed by atoms with van der Waals surface area (Å²) in [5.74, 6) is 0. The molecule has 0 saturated carbocycles. The first-order valence-corrected chi connectivity index (χ1v) is 8.69. The van der Waals surface area contributed by atoms with Gasteiger partial charge in [-0.2, -0.15) is 0 Å². The molecule has 3 aromatic rings. The van der Waals surface area contributed by atoms with Gasteiger partial charge in [0.1, 0.15) is 11.4 Å². The average molecular weight is 327 g/mol. The van der Waals surface area contributed by atoms with E-state index in [1.165, 1.54) is 5.56 Å². The van der Waals surface area contributed by atoms with Crippen molar-refractivity contribution in [2.24, 2.45) is 9.98 Å². The van der Waals surface area contributed by atoms with Gasteiger partial charge in [-0.1, -0.05) is 67.6 Å². The van der Waals surface area contributed by atoms with E-state index in [1.807, 2.05) is 36.4 Å². The van der Waals surface area contributed by atoms with Gasteiger partial charge in [-0.15, -0.1) is 0 Å². The Morgan fingerprint density at radius 3 is 1.92 bits per heavy atom. The van der Waals surface area contributed by atoms with Crippen LogP contribution in [-0.4, -0.2) is 22.1 Å². The smallest absolute Gasteiger partial charge is 0.148 e. The lowest BCUT2D eigenvalue weighted by Gasteiger charge is -2.13. The van der Waals surface area contributed by atoms with Crippen LogP contribution in [0.5, 0.6) is 0 Å². The minimum atomic E-state index is -0.390. The van der Waals surface area contributed by atoms with Crippen molar-refractivity contribution in [2.45, 2.75) is 25.9 Å². The van der Waals surface area contributed by atoms with Crippen molar-refractivity contribution >= 4 is 11.4 Å². The number of nitrogens with one attached hydrogen (secondary N) is 1. The molecule has 1 N–H and O–H groups in total. The summed E-state index contributed by atoms with van der Waals surface area (Å²) in [5, 5.41) is 0. The van der Waals surface area contributed by atoms with Gasteiger partial charge >= 0.3 is 0 Å². The Balaban J connectivity index is 1.77. The molecule has 0 amide bonds. The normalized spacial score (nSPS) is 19.6. The molecule has 0 bridgehead atoms. The second kappa shape index (κ2) is 6.17. The third-order valence-electron chi connectivity index (χ3n) is 4.67. The molecule has 0 saturated heterocycles. The molecule has 124 valence electrons. The molecule has 4 rings (SSSR count). The third kappa shape index (κ3) is 2.93. The highest BCUT2D eigenvalue weighted by Crippen LogP contribution is 2.28. The molecule has 0 radical (unpaired) electrons. The van der Waals surface area contributed by atoms with Gasteiger partial charge in [0.25, 0.3) is 0 Å². The summed E-state index contributed by atoms with van der Waals surface area (Å²) < 4.78 is 0. The van der Waals surface area contributed by atoms with Crippen molar-refractivity contribution in [1.82, 2.24) is 4.98 Å². The predicted molar refractivity (Wildman–Crippen MR) is 104 cm³/mol. The maximum absolute atomic E-state index is 4.96. The molecule has 1 aliphatic rings. The molecular weight excluding hydrogens is 306 g/mol. The van der Waals surface area contributed by atoms with Gasteiger partial charge in [0.15, 0.2) is 0 Å². The summed E-state index contributed by atoms with van der Waals surface area (Å²) in [6, 6.07) is 24.8. The number of aliphatic imine (C=N–C) groups is 2. The van der Waals surface area contributed by atoms with Gasteiger partial charge in [0.05, 0.1) is 11.4 Å². The molecular formula is C22H21N3. The summed E-state index contributed by atoms with van der Waals surface area (Å²) in [7, 11) is 0. The predicted octanol–water partition coefficient (Wildman–Crippen LogP) is 5.10. The lowest BCUT2D eigenvalue weighted by molar-refractivity contribution is 0.490. The number of hydrogen-bond acceptors (Lipinski definition) is 2. The van der Waals surface area contributed by atoms with Crippen molar-refractivity contribution in [3.8, 4) is 11.3 Å². The minimum absolute atomic E-state index is 0.390. The van der Waals surface area contributed by atoms with Crippen molar-refractivity contribution in [3.05, 3.63) is 84.1 Å². The quantitative estimate of drug-likeness (QED) is 0.692. The van der Waals surface area contributed by atoms with E-state index in [0.717, 1.165) is 34.8 Å². The van der Waals surface area contributed by atoms with E-state index in [1.54, 1.807) is 0 Å². The van der Waals surface area contributed by atoms with Gasteiger partial charge in [-0.25, -0.2) is 0 Å². The summed E-state index contributed by atoms with van der Waals surface area (Å²) in [5.41, 5.74) is 5.90. The summed E-state index contributed by atoms with van der Waals surface area (Å²) in [4.78, 5) is 13.4. The lowest BCUT2D eigenvalue weighted by Crippen LogP contribution is -2.14. The van der Waals surface area contributed by atoms with Crippen molar-refractivity contribution in [2.75, 3.05) is 0 Å². The zero-order valence-corrected chi connectivity index (χ0v) is 14.5. The highest BCUT2D eigenvalue weighted by molar-refractivity contribution is 6.54. The van der Waals surface area contributed by atoms with Crippen molar-refractivity contribution < 1.29 is 0 Å². The van der Waals surface area contributed by atoms with E-state index in [-0.39, 0.29) is 0 Å². The van der Waals surface area contributed by atoms with Crippen LogP contribution in [0, 0.1) is 0 Å². The fourth-order valence-electron chi connectivity index (χ4n) is 3.08. The number of rotatable bonds is 4. The van der Waals surface area contributed by atoms with E-state index >= 15 is 0 Å². The Morgan fingerprint density at radius 1 is 0.720 bits per heavy atom. The average Bonchev–Trinajstić information content (AvgIpc) is 3.29. The largest absolute Gasteiger partial charge is 0.353 e. The fraction of sp³-hybridized carbons (Fsp3) is 0.182. The zero-order valence-electron chi connectivity index (χ0n) is 14.5. The second-order valence-electron chi connectivity index (χ2n) is 6.51. The maximum Gasteiger partial charge on any atom is 0.148 e. The fourth-order valence-corrected chi connectivity index (χ4v) is 3.08. The topological polar surface area (TPSA) is 40.5 Å². The van der Waals surface area contributed by atoms with Gasteiger partial charge in [-0.3, -0.25) is 9.98 Å². The molecule has 1 atom stereocenters. The van der Waals surface area contributed by atoms with Gasteiger partial charge in [-0.05, 0) is 31.0 Å². The van der Waals surface area contributed by atoms with E-state index in [9.17, 15) is 0 Å². The van der Waals surface area contributed by atoms with E-state index in [4.69, 9.17) is 9.98 Å². The Bertz CT molecular complexity index is 936. The van der Waals surface area contributed by atoms with Crippen molar-refractivity contribution in [1.29, 1.82) is 0 Å². The number of nitrogens with zero attached hydrogens (tertiary/aromatic N) is 2. The van der Waals surface area contributed by atoms with Crippen LogP contribution >= 0.6 is 0 Å². The molecule has 0 fully saturated rings. The van der Waals surface area contributed by atoms with Crippen LogP contribution in [-0.2, 0) is 0 Å². The molecule has 1 aliphatic heterocycles. The number of aromatic nitrogens is 1. The Hall–Kier alpha value is -2.94. The molecule has 25 heavy (non-hydrogen) atoms. The Morgan fingerprint density at radius 2 is 1.28 bits per heavy atom. The van der Waals surface area contributed by atoms with Gasteiger partial charge < -0.3 is 4.98 Å². The van der Waals surface area contributed by atoms with Crippen LogP contribution in [0.2, 0.25) is 0 Å². The first kappa shape index (κ1) is 15.6. The summed E-state index contributed by atoms with van der Waals surface area (Å²) >= 11 is 0. The van der Waals surface area contributed by atoms with Crippen LogP contribution in [0.1, 0.15) is 31.5 Å². The zero-order chi connectivity index (χ0) is 17.3. The highest BCUT2D eigenvalue weighted by Gasteiger charge is 2.31. The van der Waals surface area contributed by atoms with Crippen molar-refractivity contribution in [3.63, 3.8) is 0 Å². The molecule has 3 nitrogen and oxygen atoms in total. The first-order valence-electron chi connectivity index (χ1n) is 8.69. The lowest BCUT2D eigenvalue weighted by atomic mass is 10.0. The summed E-state index contributed by atoms with van der Waals surface area (Å²) in [6.45, 7) is 4.21. The monoisotopic (exact) mass is 327 g/mol. The Kier molecular flexibility index (Phi) is 3.85. The standard InChI is InChI=1S/C22H21N3/c1-3-22(2)24-20(17-12-8-5-9-13-17)21(25-22)19-15-14-18(23-19)16-10-6-4-7-11-16/h4-15,23H,3H2,1-2H3. The number of H-pyrrole nitrogens is 1. The van der Waals surface area contributed by atoms with Crippen LogP contribution in [0.25, 0.3) is 11.3 Å². The molecule has 1 aromatic heterocycles. The molecule has 1 unspecified atom stereocenters. The summed E-state index contributed by atoms with van der Waals surface area (Å²) in [6.07, 6.45) is 0.874. The van der Waals surface area contributed by atoms with Gasteiger partial charge in [0.2, 0.25) is 0 Å². The Labute approximate surface area is 148 Å².